The molecule has 0 heterocycles. The molecule has 0 aliphatic rings. The van der Waals surface area contributed by atoms with Gasteiger partial charge in [-0.05, 0) is 37.5 Å². The zero-order valence-electron chi connectivity index (χ0n) is 12.2. The molecule has 0 saturated heterocycles. The van der Waals surface area contributed by atoms with Crippen LogP contribution in [0.1, 0.15) is 38.5 Å². The number of benzene rings is 1. The molecule has 0 aliphatic heterocycles. The molecule has 124 valence electrons. The molecule has 0 saturated carbocycles. The fourth-order valence-corrected chi connectivity index (χ4v) is 2.44. The molecule has 0 atom stereocenters. The normalized spacial score (nSPS) is 12.1. The fourth-order valence-electron chi connectivity index (χ4n) is 1.72. The van der Waals surface area contributed by atoms with Crippen molar-refractivity contribution >= 4 is 10.1 Å². The van der Waals surface area contributed by atoms with Crippen molar-refractivity contribution in [2.45, 2.75) is 49.8 Å². The Kier molecular flexibility index (Phi) is 8.69. The minimum Gasteiger partial charge on any atom is -0.329 e. The summed E-state index contributed by atoms with van der Waals surface area (Å²) in [6.45, 7) is 0. The highest BCUT2D eigenvalue weighted by atomic mass is 32.2. The highest BCUT2D eigenvalue weighted by Crippen LogP contribution is 2.12. The van der Waals surface area contributed by atoms with Gasteiger partial charge in [-0.3, -0.25) is 0 Å². The molecule has 1 aromatic rings. The van der Waals surface area contributed by atoms with Crippen molar-refractivity contribution < 1.29 is 26.4 Å². The number of hydrogen-bond acceptors (Lipinski definition) is 4. The quantitative estimate of drug-likeness (QED) is 0.260. The van der Waals surface area contributed by atoms with Crippen LogP contribution in [0.25, 0.3) is 0 Å². The van der Waals surface area contributed by atoms with E-state index in [1.165, 1.54) is 18.4 Å². The van der Waals surface area contributed by atoms with Crippen LogP contribution in [0.15, 0.2) is 47.6 Å². The first kappa shape index (κ1) is 18.6. The van der Waals surface area contributed by atoms with E-state index in [1.54, 1.807) is 24.3 Å². The highest BCUT2D eigenvalue weighted by Gasteiger charge is 2.15. The first-order valence-corrected chi connectivity index (χ1v) is 8.51. The second-order valence-corrected chi connectivity index (χ2v) is 6.20. The summed E-state index contributed by atoms with van der Waals surface area (Å²) in [7, 11) is -3.92. The Bertz CT molecular complexity index is 530. The first-order chi connectivity index (χ1) is 10.5. The topological polar surface area (TPSA) is 52.6 Å². The lowest BCUT2D eigenvalue weighted by molar-refractivity contribution is -0.142. The predicted octanol–water partition coefficient (Wildman–Crippen LogP) is 4.44. The van der Waals surface area contributed by atoms with Crippen LogP contribution in [0.3, 0.4) is 0 Å². The van der Waals surface area contributed by atoms with Gasteiger partial charge in [0.05, 0.1) is 4.90 Å². The van der Waals surface area contributed by atoms with Crippen molar-refractivity contribution in [2.24, 2.45) is 0 Å². The largest absolute Gasteiger partial charge is 0.332 e. The monoisotopic (exact) mass is 334 g/mol. The van der Waals surface area contributed by atoms with Gasteiger partial charge in [0.15, 0.2) is 0 Å². The SMILES string of the molecule is O=S(=O)(OOC=CCCCCCCC(F)F)c1ccccc1. The van der Waals surface area contributed by atoms with E-state index in [4.69, 9.17) is 0 Å². The number of alkyl halides is 2. The van der Waals surface area contributed by atoms with E-state index < -0.39 is 16.5 Å². The zero-order valence-corrected chi connectivity index (χ0v) is 13.0. The van der Waals surface area contributed by atoms with Crippen molar-refractivity contribution in [1.29, 1.82) is 0 Å². The lowest BCUT2D eigenvalue weighted by Crippen LogP contribution is -2.04. The average molecular weight is 334 g/mol. The van der Waals surface area contributed by atoms with Crippen LogP contribution in [-0.4, -0.2) is 14.8 Å². The maximum Gasteiger partial charge on any atom is 0.332 e. The minimum atomic E-state index is -3.92. The number of allylic oxidation sites excluding steroid dienone is 1. The molecule has 0 aromatic heterocycles. The molecule has 0 spiro atoms. The Labute approximate surface area is 129 Å². The van der Waals surface area contributed by atoms with Gasteiger partial charge in [0.25, 0.3) is 0 Å². The highest BCUT2D eigenvalue weighted by molar-refractivity contribution is 7.86. The zero-order chi connectivity index (χ0) is 16.3. The molecule has 7 heteroatoms. The van der Waals surface area contributed by atoms with Crippen LogP contribution in [0.2, 0.25) is 0 Å². The molecule has 1 rings (SSSR count). The standard InChI is InChI=1S/C15H20F2O4S/c16-15(17)12-8-3-1-2-4-9-13-20-21-22(18,19)14-10-6-5-7-11-14/h5-7,9-11,13,15H,1-4,8,12H2. The lowest BCUT2D eigenvalue weighted by atomic mass is 10.1. The predicted molar refractivity (Wildman–Crippen MR) is 78.6 cm³/mol. The van der Waals surface area contributed by atoms with E-state index in [1.807, 2.05) is 0 Å². The summed E-state index contributed by atoms with van der Waals surface area (Å²) < 4.78 is 51.4. The van der Waals surface area contributed by atoms with Crippen LogP contribution in [0.4, 0.5) is 8.78 Å². The summed E-state index contributed by atoms with van der Waals surface area (Å²) in [6.07, 6.45) is 4.15. The summed E-state index contributed by atoms with van der Waals surface area (Å²) in [4.78, 5) is 4.56. The van der Waals surface area contributed by atoms with Gasteiger partial charge < -0.3 is 4.89 Å². The Hall–Kier alpha value is -1.47. The molecule has 1 aromatic carbocycles. The van der Waals surface area contributed by atoms with Crippen LogP contribution >= 0.6 is 0 Å². The molecule has 0 aliphatic carbocycles. The number of halogens is 2. The van der Waals surface area contributed by atoms with Gasteiger partial charge in [-0.2, -0.15) is 8.42 Å². The van der Waals surface area contributed by atoms with Crippen LogP contribution in [0.5, 0.6) is 0 Å². The molecule has 22 heavy (non-hydrogen) atoms. The van der Waals surface area contributed by atoms with Crippen LogP contribution in [-0.2, 0) is 19.3 Å². The molecule has 0 amide bonds. The van der Waals surface area contributed by atoms with Crippen LogP contribution in [0, 0.1) is 0 Å². The van der Waals surface area contributed by atoms with E-state index in [-0.39, 0.29) is 11.3 Å². The summed E-state index contributed by atoms with van der Waals surface area (Å²) in [5.74, 6) is 0. The molecular weight excluding hydrogens is 314 g/mol. The minimum absolute atomic E-state index is 0.0161. The van der Waals surface area contributed by atoms with Crippen molar-refractivity contribution in [3.05, 3.63) is 42.7 Å². The van der Waals surface area contributed by atoms with E-state index in [2.05, 4.69) is 9.22 Å². The lowest BCUT2D eigenvalue weighted by Gasteiger charge is -2.02. The van der Waals surface area contributed by atoms with Crippen molar-refractivity contribution in [1.82, 2.24) is 0 Å². The fraction of sp³-hybridized carbons (Fsp3) is 0.467. The van der Waals surface area contributed by atoms with E-state index in [0.717, 1.165) is 19.3 Å². The molecule has 0 fully saturated rings. The van der Waals surface area contributed by atoms with Crippen LogP contribution < -0.4 is 0 Å². The first-order valence-electron chi connectivity index (χ1n) is 7.10. The summed E-state index contributed by atoms with van der Waals surface area (Å²) >= 11 is 0. The van der Waals surface area contributed by atoms with E-state index in [0.29, 0.717) is 12.8 Å². The summed E-state index contributed by atoms with van der Waals surface area (Å²) in [6, 6.07) is 7.67. The molecular formula is C15H20F2O4S. The maximum absolute atomic E-state index is 11.9. The van der Waals surface area contributed by atoms with Gasteiger partial charge in [-0.25, -0.2) is 8.78 Å². The number of unbranched alkanes of at least 4 members (excludes halogenated alkanes) is 4. The molecule has 0 unspecified atom stereocenters. The average Bonchev–Trinajstić information content (AvgIpc) is 2.49. The van der Waals surface area contributed by atoms with Gasteiger partial charge in [-0.15, -0.1) is 0 Å². The molecule has 4 nitrogen and oxygen atoms in total. The van der Waals surface area contributed by atoms with Gasteiger partial charge >= 0.3 is 10.1 Å². The number of rotatable bonds is 11. The smallest absolute Gasteiger partial charge is 0.329 e. The Morgan fingerprint density at radius 3 is 2.41 bits per heavy atom. The van der Waals surface area contributed by atoms with Gasteiger partial charge in [0, 0.05) is 6.42 Å². The third kappa shape index (κ3) is 8.09. The second kappa shape index (κ2) is 10.3. The Morgan fingerprint density at radius 2 is 1.73 bits per heavy atom. The van der Waals surface area contributed by atoms with Gasteiger partial charge in [-0.1, -0.05) is 35.4 Å². The van der Waals surface area contributed by atoms with E-state index in [9.17, 15) is 17.2 Å². The van der Waals surface area contributed by atoms with E-state index >= 15 is 0 Å². The third-order valence-electron chi connectivity index (χ3n) is 2.86. The number of hydrogen-bond donors (Lipinski definition) is 0. The van der Waals surface area contributed by atoms with Crippen molar-refractivity contribution in [3.63, 3.8) is 0 Å². The molecule has 0 bridgehead atoms. The molecule has 0 N–H and O–H groups in total. The van der Waals surface area contributed by atoms with Gasteiger partial charge in [0.2, 0.25) is 6.43 Å². The van der Waals surface area contributed by atoms with Gasteiger partial charge in [0.1, 0.15) is 6.26 Å². The summed E-state index contributed by atoms with van der Waals surface area (Å²) in [5, 5.41) is 0. The maximum atomic E-state index is 11.9. The Balaban J connectivity index is 2.12. The summed E-state index contributed by atoms with van der Waals surface area (Å²) in [5.41, 5.74) is 0. The molecule has 0 radical (unpaired) electrons. The van der Waals surface area contributed by atoms with Crippen molar-refractivity contribution in [3.8, 4) is 0 Å². The second-order valence-electron chi connectivity index (χ2n) is 4.69. The third-order valence-corrected chi connectivity index (χ3v) is 3.96. The Morgan fingerprint density at radius 1 is 1.05 bits per heavy atom. The van der Waals surface area contributed by atoms with Crippen molar-refractivity contribution in [2.75, 3.05) is 0 Å².